The Kier molecular flexibility index (Phi) is 1.63. The van der Waals surface area contributed by atoms with Crippen molar-refractivity contribution in [1.29, 1.82) is 0 Å². The zero-order chi connectivity index (χ0) is 9.42. The molecule has 1 aromatic carbocycles. The van der Waals surface area contributed by atoms with E-state index in [1.54, 1.807) is 0 Å². The number of rotatable bonds is 1. The quantitative estimate of drug-likeness (QED) is 0.361. The van der Waals surface area contributed by atoms with Crippen LogP contribution in [0.15, 0.2) is 28.2 Å². The number of fused-ring (bicyclic) bond motifs is 1. The van der Waals surface area contributed by atoms with Gasteiger partial charge in [0.05, 0.1) is 15.6 Å². The van der Waals surface area contributed by atoms with Crippen molar-refractivity contribution in [3.8, 4) is 0 Å². The van der Waals surface area contributed by atoms with Crippen LogP contribution in [0.3, 0.4) is 0 Å². The van der Waals surface area contributed by atoms with Gasteiger partial charge in [0, 0.05) is 12.1 Å². The van der Waals surface area contributed by atoms with Gasteiger partial charge in [-0.15, -0.1) is 0 Å². The molecule has 6 heteroatoms. The van der Waals surface area contributed by atoms with E-state index < -0.39 is 4.92 Å². The van der Waals surface area contributed by atoms with Crippen molar-refractivity contribution in [2.45, 2.75) is 0 Å². The molecule has 2 rings (SSSR count). The van der Waals surface area contributed by atoms with Crippen LogP contribution < -0.4 is 10.7 Å². The van der Waals surface area contributed by atoms with Gasteiger partial charge in [-0.05, 0) is 18.3 Å². The smallest absolute Gasteiger partial charge is 0.258 e. The normalized spacial score (nSPS) is 13.1. The highest BCUT2D eigenvalue weighted by Crippen LogP contribution is 2.03. The van der Waals surface area contributed by atoms with Crippen LogP contribution in [0.4, 0.5) is 5.69 Å². The fraction of sp³-hybridized carbons (Fsp3) is 0. The van der Waals surface area contributed by atoms with Gasteiger partial charge in [-0.1, -0.05) is 0 Å². The molecule has 0 saturated heterocycles. The average molecular weight is 193 g/mol. The van der Waals surface area contributed by atoms with E-state index in [4.69, 9.17) is 12.2 Å². The van der Waals surface area contributed by atoms with E-state index in [1.807, 2.05) is 0 Å². The first kappa shape index (κ1) is 7.93. The lowest BCUT2D eigenvalue weighted by atomic mass is 10.3. The SMILES string of the molecule is O=[N+]([O-])c1ccc2c(c1)=NC(=S)N=2. The molecule has 0 unspecified atom stereocenters. The van der Waals surface area contributed by atoms with E-state index in [1.165, 1.54) is 18.2 Å². The Bertz CT molecular complexity index is 523. The van der Waals surface area contributed by atoms with Crippen LogP contribution in [0, 0.1) is 10.1 Å². The first-order valence-corrected chi connectivity index (χ1v) is 3.83. The van der Waals surface area contributed by atoms with E-state index >= 15 is 0 Å². The van der Waals surface area contributed by atoms with E-state index in [-0.39, 0.29) is 10.8 Å². The molecule has 1 heterocycles. The molecule has 0 N–H and O–H groups in total. The van der Waals surface area contributed by atoms with Gasteiger partial charge < -0.3 is 0 Å². The lowest BCUT2D eigenvalue weighted by molar-refractivity contribution is -0.385. The van der Waals surface area contributed by atoms with Crippen LogP contribution in [0.5, 0.6) is 0 Å². The van der Waals surface area contributed by atoms with Crippen LogP contribution in [0.2, 0.25) is 0 Å². The standard InChI is InChI=1S/C7H3N3O2S/c11-10(12)4-1-2-5-6(3-4)9-7(13)8-5/h1-3H. The van der Waals surface area contributed by atoms with Crippen molar-refractivity contribution >= 4 is 23.0 Å². The number of thiocarbonyl (C=S) groups is 1. The summed E-state index contributed by atoms with van der Waals surface area (Å²) in [5.41, 5.74) is 0.00222. The Morgan fingerprint density at radius 1 is 1.31 bits per heavy atom. The number of non-ortho nitro benzene ring substituents is 1. The first-order chi connectivity index (χ1) is 6.16. The summed E-state index contributed by atoms with van der Waals surface area (Å²) in [4.78, 5) is 17.7. The van der Waals surface area contributed by atoms with Gasteiger partial charge in [-0.25, -0.2) is 9.98 Å². The van der Waals surface area contributed by atoms with Crippen molar-refractivity contribution in [3.05, 3.63) is 39.0 Å². The van der Waals surface area contributed by atoms with E-state index in [0.717, 1.165) is 0 Å². The van der Waals surface area contributed by atoms with Gasteiger partial charge in [0.2, 0.25) is 5.11 Å². The molecule has 1 aliphatic heterocycles. The predicted octanol–water partition coefficient (Wildman–Crippen LogP) is 0.133. The van der Waals surface area contributed by atoms with Crippen LogP contribution >= 0.6 is 12.2 Å². The minimum atomic E-state index is -0.475. The monoisotopic (exact) mass is 193 g/mol. The molecule has 0 bridgehead atoms. The molecular formula is C7H3N3O2S. The third-order valence-corrected chi connectivity index (χ3v) is 1.78. The number of nitrogens with zero attached hydrogens (tertiary/aromatic N) is 3. The van der Waals surface area contributed by atoms with E-state index in [0.29, 0.717) is 10.7 Å². The molecule has 0 saturated carbocycles. The molecule has 0 radical (unpaired) electrons. The number of hydrogen-bond donors (Lipinski definition) is 0. The summed E-state index contributed by atoms with van der Waals surface area (Å²) >= 11 is 4.73. The third kappa shape index (κ3) is 1.31. The summed E-state index contributed by atoms with van der Waals surface area (Å²) in [6.45, 7) is 0. The highest BCUT2D eigenvalue weighted by atomic mass is 32.1. The molecule has 0 atom stereocenters. The van der Waals surface area contributed by atoms with Gasteiger partial charge in [0.25, 0.3) is 5.69 Å². The zero-order valence-electron chi connectivity index (χ0n) is 6.30. The minimum Gasteiger partial charge on any atom is -0.258 e. The third-order valence-electron chi connectivity index (χ3n) is 1.60. The summed E-state index contributed by atoms with van der Waals surface area (Å²) in [6, 6.07) is 4.28. The van der Waals surface area contributed by atoms with Crippen molar-refractivity contribution in [2.75, 3.05) is 0 Å². The van der Waals surface area contributed by atoms with Crippen molar-refractivity contribution in [2.24, 2.45) is 9.98 Å². The molecule has 0 aromatic heterocycles. The topological polar surface area (TPSA) is 67.9 Å². The number of benzene rings is 1. The molecule has 5 nitrogen and oxygen atoms in total. The van der Waals surface area contributed by atoms with Gasteiger partial charge in [-0.3, -0.25) is 10.1 Å². The fourth-order valence-corrected chi connectivity index (χ4v) is 1.24. The maximum Gasteiger partial charge on any atom is 0.271 e. The molecule has 0 aliphatic carbocycles. The molecular weight excluding hydrogens is 190 g/mol. The number of nitro benzene ring substituents is 1. The highest BCUT2D eigenvalue weighted by Gasteiger charge is 2.08. The second-order valence-corrected chi connectivity index (χ2v) is 2.80. The number of hydrogen-bond acceptors (Lipinski definition) is 3. The second-order valence-electron chi connectivity index (χ2n) is 2.44. The van der Waals surface area contributed by atoms with E-state index in [9.17, 15) is 10.1 Å². The van der Waals surface area contributed by atoms with Crippen LogP contribution in [0.1, 0.15) is 0 Å². The molecule has 0 fully saturated rings. The van der Waals surface area contributed by atoms with Crippen molar-refractivity contribution in [1.82, 2.24) is 0 Å². The molecule has 0 amide bonds. The van der Waals surface area contributed by atoms with Gasteiger partial charge in [0.1, 0.15) is 0 Å². The summed E-state index contributed by atoms with van der Waals surface area (Å²) in [6.07, 6.45) is 0. The fourth-order valence-electron chi connectivity index (χ4n) is 1.04. The Labute approximate surface area is 77.6 Å². The van der Waals surface area contributed by atoms with Gasteiger partial charge in [-0.2, -0.15) is 0 Å². The van der Waals surface area contributed by atoms with Gasteiger partial charge in [0.15, 0.2) is 0 Å². The Morgan fingerprint density at radius 3 is 2.69 bits per heavy atom. The van der Waals surface area contributed by atoms with Crippen molar-refractivity contribution < 1.29 is 4.92 Å². The van der Waals surface area contributed by atoms with Crippen LogP contribution in [0.25, 0.3) is 0 Å². The minimum absolute atomic E-state index is 0.00222. The van der Waals surface area contributed by atoms with Crippen LogP contribution in [-0.2, 0) is 0 Å². The Balaban J connectivity index is 2.73. The van der Waals surface area contributed by atoms with Crippen molar-refractivity contribution in [3.63, 3.8) is 0 Å². The number of nitro groups is 1. The Morgan fingerprint density at radius 2 is 2.00 bits per heavy atom. The molecule has 1 aliphatic rings. The molecule has 64 valence electrons. The zero-order valence-corrected chi connectivity index (χ0v) is 7.11. The highest BCUT2D eigenvalue weighted by molar-refractivity contribution is 7.80. The molecule has 0 spiro atoms. The Hall–Kier alpha value is -1.69. The molecule has 13 heavy (non-hydrogen) atoms. The first-order valence-electron chi connectivity index (χ1n) is 3.43. The largest absolute Gasteiger partial charge is 0.271 e. The lowest BCUT2D eigenvalue weighted by Crippen LogP contribution is -2.21. The summed E-state index contributed by atoms with van der Waals surface area (Å²) < 4.78 is 0. The predicted molar refractivity (Wildman–Crippen MR) is 48.0 cm³/mol. The van der Waals surface area contributed by atoms with Crippen LogP contribution in [-0.4, -0.2) is 10.0 Å². The maximum absolute atomic E-state index is 10.4. The maximum atomic E-state index is 10.4. The summed E-state index contributed by atoms with van der Waals surface area (Å²) in [5, 5.41) is 11.7. The van der Waals surface area contributed by atoms with Gasteiger partial charge >= 0.3 is 0 Å². The van der Waals surface area contributed by atoms with E-state index in [2.05, 4.69) is 9.98 Å². The lowest BCUT2D eigenvalue weighted by Gasteiger charge is -1.86. The summed E-state index contributed by atoms with van der Waals surface area (Å²) in [7, 11) is 0. The average Bonchev–Trinajstić information content (AvgIpc) is 2.42. The molecule has 1 aromatic rings. The summed E-state index contributed by atoms with van der Waals surface area (Å²) in [5.74, 6) is 0. The second kappa shape index (κ2) is 2.67.